The van der Waals surface area contributed by atoms with Gasteiger partial charge in [0.2, 0.25) is 16.0 Å². The van der Waals surface area contributed by atoms with Gasteiger partial charge in [-0.25, -0.2) is 18.1 Å². The SMILES string of the molecule is Cc1ccc(Nc2nc(C)cc(N3CCN(S(=O)(=O)c4ccc(-n5cccn5)cc4)CC3)n2)cc1. The maximum absolute atomic E-state index is 13.2. The van der Waals surface area contributed by atoms with Gasteiger partial charge in [0.15, 0.2) is 0 Å². The van der Waals surface area contributed by atoms with E-state index in [9.17, 15) is 8.42 Å². The number of aromatic nitrogens is 4. The second-order valence-electron chi connectivity index (χ2n) is 8.52. The van der Waals surface area contributed by atoms with Gasteiger partial charge in [-0.15, -0.1) is 0 Å². The molecular formula is C25H27N7O2S. The largest absolute Gasteiger partial charge is 0.354 e. The predicted molar refractivity (Wildman–Crippen MR) is 136 cm³/mol. The molecule has 5 rings (SSSR count). The number of hydrogen-bond donors (Lipinski definition) is 1. The molecule has 1 N–H and O–H groups in total. The average molecular weight is 490 g/mol. The number of aryl methyl sites for hydroxylation is 2. The second-order valence-corrected chi connectivity index (χ2v) is 10.5. The number of nitrogens with zero attached hydrogens (tertiary/aromatic N) is 6. The highest BCUT2D eigenvalue weighted by molar-refractivity contribution is 7.89. The normalized spacial score (nSPS) is 14.7. The van der Waals surface area contributed by atoms with Gasteiger partial charge in [0.25, 0.3) is 0 Å². The standard InChI is InChI=1S/C25H27N7O2S/c1-19-4-6-21(7-5-19)28-25-27-20(2)18-24(29-25)30-14-16-31(17-15-30)35(33,34)23-10-8-22(9-11-23)32-13-3-12-26-32/h3-13,18H,14-17H2,1-2H3,(H,27,28,29). The highest BCUT2D eigenvalue weighted by atomic mass is 32.2. The van der Waals surface area contributed by atoms with E-state index in [-0.39, 0.29) is 4.90 Å². The molecule has 0 radical (unpaired) electrons. The first-order chi connectivity index (χ1) is 16.9. The van der Waals surface area contributed by atoms with E-state index >= 15 is 0 Å². The Morgan fingerprint density at radius 2 is 1.60 bits per heavy atom. The van der Waals surface area contributed by atoms with E-state index in [0.717, 1.165) is 22.9 Å². The smallest absolute Gasteiger partial charge is 0.243 e. The summed E-state index contributed by atoms with van der Waals surface area (Å²) in [5.41, 5.74) is 3.76. The van der Waals surface area contributed by atoms with Crippen LogP contribution in [-0.2, 0) is 10.0 Å². The molecule has 0 spiro atoms. The summed E-state index contributed by atoms with van der Waals surface area (Å²) in [4.78, 5) is 11.6. The van der Waals surface area contributed by atoms with Crippen LogP contribution < -0.4 is 10.2 Å². The molecular weight excluding hydrogens is 462 g/mol. The fourth-order valence-electron chi connectivity index (χ4n) is 4.03. The quantitative estimate of drug-likeness (QED) is 0.443. The van der Waals surface area contributed by atoms with Crippen LogP contribution in [0.15, 0.2) is 78.0 Å². The van der Waals surface area contributed by atoms with Crippen LogP contribution in [0, 0.1) is 13.8 Å². The molecule has 9 nitrogen and oxygen atoms in total. The van der Waals surface area contributed by atoms with E-state index in [4.69, 9.17) is 0 Å². The van der Waals surface area contributed by atoms with Crippen molar-refractivity contribution in [2.75, 3.05) is 36.4 Å². The van der Waals surface area contributed by atoms with E-state index in [0.29, 0.717) is 32.1 Å². The van der Waals surface area contributed by atoms with Gasteiger partial charge in [0.05, 0.1) is 10.6 Å². The Balaban J connectivity index is 1.26. The lowest BCUT2D eigenvalue weighted by atomic mass is 10.2. The molecule has 0 aliphatic carbocycles. The molecule has 3 heterocycles. The molecule has 0 amide bonds. The maximum Gasteiger partial charge on any atom is 0.243 e. The molecule has 1 aliphatic rings. The van der Waals surface area contributed by atoms with Crippen LogP contribution in [0.3, 0.4) is 0 Å². The van der Waals surface area contributed by atoms with Crippen LogP contribution in [-0.4, -0.2) is 58.7 Å². The number of rotatable bonds is 6. The lowest BCUT2D eigenvalue weighted by molar-refractivity contribution is 0.384. The summed E-state index contributed by atoms with van der Waals surface area (Å²) in [7, 11) is -3.58. The van der Waals surface area contributed by atoms with Crippen molar-refractivity contribution in [1.82, 2.24) is 24.1 Å². The van der Waals surface area contributed by atoms with Crippen LogP contribution in [0.4, 0.5) is 17.5 Å². The van der Waals surface area contributed by atoms with Gasteiger partial charge in [-0.05, 0) is 56.3 Å². The number of benzene rings is 2. The van der Waals surface area contributed by atoms with Crippen LogP contribution in [0.5, 0.6) is 0 Å². The van der Waals surface area contributed by atoms with E-state index in [1.807, 2.05) is 56.4 Å². The molecule has 1 saturated heterocycles. The number of anilines is 3. The van der Waals surface area contributed by atoms with E-state index in [1.165, 1.54) is 9.87 Å². The van der Waals surface area contributed by atoms with Crippen molar-refractivity contribution in [3.8, 4) is 5.69 Å². The highest BCUT2D eigenvalue weighted by Gasteiger charge is 2.29. The van der Waals surface area contributed by atoms with E-state index in [1.54, 1.807) is 35.1 Å². The predicted octanol–water partition coefficient (Wildman–Crippen LogP) is 3.53. The molecule has 35 heavy (non-hydrogen) atoms. The molecule has 2 aromatic carbocycles. The topological polar surface area (TPSA) is 96.2 Å². The summed E-state index contributed by atoms with van der Waals surface area (Å²) < 4.78 is 29.7. The zero-order valence-electron chi connectivity index (χ0n) is 19.7. The van der Waals surface area contributed by atoms with Gasteiger partial charge >= 0.3 is 0 Å². The zero-order chi connectivity index (χ0) is 24.4. The van der Waals surface area contributed by atoms with Gasteiger partial charge < -0.3 is 10.2 Å². The number of hydrogen-bond acceptors (Lipinski definition) is 7. The van der Waals surface area contributed by atoms with Crippen LogP contribution in [0.1, 0.15) is 11.3 Å². The first-order valence-corrected chi connectivity index (χ1v) is 12.9. The minimum absolute atomic E-state index is 0.282. The fourth-order valence-corrected chi connectivity index (χ4v) is 5.46. The van der Waals surface area contributed by atoms with Gasteiger partial charge in [0, 0.05) is 56.0 Å². The first-order valence-electron chi connectivity index (χ1n) is 11.4. The molecule has 1 fully saturated rings. The Kier molecular flexibility index (Phi) is 6.23. The molecule has 0 unspecified atom stereocenters. The Bertz CT molecular complexity index is 1400. The zero-order valence-corrected chi connectivity index (χ0v) is 20.5. The Morgan fingerprint density at radius 1 is 0.886 bits per heavy atom. The number of piperazine rings is 1. The summed E-state index contributed by atoms with van der Waals surface area (Å²) >= 11 is 0. The van der Waals surface area contributed by atoms with Gasteiger partial charge in [0.1, 0.15) is 5.82 Å². The van der Waals surface area contributed by atoms with Gasteiger partial charge in [-0.1, -0.05) is 17.7 Å². The third kappa shape index (κ3) is 5.03. The van der Waals surface area contributed by atoms with Crippen LogP contribution in [0.25, 0.3) is 5.69 Å². The molecule has 1 aliphatic heterocycles. The molecule has 2 aromatic heterocycles. The number of sulfonamides is 1. The summed E-state index contributed by atoms with van der Waals surface area (Å²) in [5.74, 6) is 1.31. The van der Waals surface area contributed by atoms with Crippen LogP contribution in [0.2, 0.25) is 0 Å². The molecule has 0 saturated carbocycles. The Morgan fingerprint density at radius 3 is 2.26 bits per heavy atom. The lowest BCUT2D eigenvalue weighted by Gasteiger charge is -2.34. The van der Waals surface area contributed by atoms with Gasteiger partial charge in [-0.2, -0.15) is 14.4 Å². The monoisotopic (exact) mass is 489 g/mol. The summed E-state index contributed by atoms with van der Waals surface area (Å²) in [6.45, 7) is 5.83. The minimum Gasteiger partial charge on any atom is -0.354 e. The second kappa shape index (κ2) is 9.47. The molecule has 180 valence electrons. The van der Waals surface area contributed by atoms with Crippen molar-refractivity contribution in [2.45, 2.75) is 18.7 Å². The van der Waals surface area contributed by atoms with Crippen molar-refractivity contribution < 1.29 is 8.42 Å². The van der Waals surface area contributed by atoms with Crippen LogP contribution >= 0.6 is 0 Å². The van der Waals surface area contributed by atoms with E-state index < -0.39 is 10.0 Å². The van der Waals surface area contributed by atoms with Crippen molar-refractivity contribution in [1.29, 1.82) is 0 Å². The third-order valence-electron chi connectivity index (χ3n) is 5.95. The van der Waals surface area contributed by atoms with Gasteiger partial charge in [-0.3, -0.25) is 0 Å². The molecule has 0 bridgehead atoms. The third-order valence-corrected chi connectivity index (χ3v) is 7.87. The molecule has 4 aromatic rings. The summed E-state index contributed by atoms with van der Waals surface area (Å²) in [6, 6.07) is 18.6. The van der Waals surface area contributed by atoms with Crippen molar-refractivity contribution in [3.05, 3.63) is 84.3 Å². The minimum atomic E-state index is -3.58. The first kappa shape index (κ1) is 23.0. The highest BCUT2D eigenvalue weighted by Crippen LogP contribution is 2.23. The lowest BCUT2D eigenvalue weighted by Crippen LogP contribution is -2.49. The van der Waals surface area contributed by atoms with E-state index in [2.05, 4.69) is 25.3 Å². The summed E-state index contributed by atoms with van der Waals surface area (Å²) in [6.07, 6.45) is 3.50. The Hall–Kier alpha value is -3.76. The van der Waals surface area contributed by atoms with Crippen molar-refractivity contribution >= 4 is 27.5 Å². The van der Waals surface area contributed by atoms with Crippen molar-refractivity contribution in [3.63, 3.8) is 0 Å². The maximum atomic E-state index is 13.2. The fraction of sp³-hybridized carbons (Fsp3) is 0.240. The van der Waals surface area contributed by atoms with Crippen molar-refractivity contribution in [2.24, 2.45) is 0 Å². The average Bonchev–Trinajstić information content (AvgIpc) is 3.40. The molecule has 0 atom stereocenters. The number of nitrogens with one attached hydrogen (secondary N) is 1. The Labute approximate surface area is 205 Å². The summed E-state index contributed by atoms with van der Waals surface area (Å²) in [5, 5.41) is 7.44. The molecule has 10 heteroatoms.